The van der Waals surface area contributed by atoms with Gasteiger partial charge in [-0.2, -0.15) is 0 Å². The number of thiophene rings is 1. The molecule has 0 aliphatic rings. The second-order valence-corrected chi connectivity index (χ2v) is 6.16. The average molecular weight is 343 g/mol. The maximum Gasteiger partial charge on any atom is 0.195 e. The Morgan fingerprint density at radius 3 is 2.52 bits per heavy atom. The van der Waals surface area contributed by atoms with Crippen LogP contribution in [0.2, 0.25) is 9.36 Å². The monoisotopic (exact) mass is 342 g/mol. The fourth-order valence-electron chi connectivity index (χ4n) is 1.73. The molecule has 1 aromatic carbocycles. The van der Waals surface area contributed by atoms with E-state index < -0.39 is 0 Å². The highest BCUT2D eigenvalue weighted by Crippen LogP contribution is 2.36. The standard InChI is InChI=1S/C15H12Cl2O3S/c1-19-12-8-9(7-10(16)15(12)20-2)3-4-11(18)13-5-6-14(17)21-13/h3-8H,1-2H3/b4-3+. The molecule has 0 fully saturated rings. The van der Waals surface area contributed by atoms with Gasteiger partial charge in [0.25, 0.3) is 0 Å². The average Bonchev–Trinajstić information content (AvgIpc) is 2.90. The minimum absolute atomic E-state index is 0.113. The lowest BCUT2D eigenvalue weighted by Gasteiger charge is -2.10. The Bertz CT molecular complexity index is 692. The van der Waals surface area contributed by atoms with Crippen LogP contribution in [0, 0.1) is 0 Å². The predicted octanol–water partition coefficient (Wildman–Crippen LogP) is 4.97. The van der Waals surface area contributed by atoms with Gasteiger partial charge in [-0.1, -0.05) is 29.3 Å². The molecule has 1 heterocycles. The molecule has 1 aromatic heterocycles. The molecule has 2 aromatic rings. The zero-order chi connectivity index (χ0) is 15.4. The molecule has 0 aliphatic carbocycles. The highest BCUT2D eigenvalue weighted by molar-refractivity contribution is 7.18. The summed E-state index contributed by atoms with van der Waals surface area (Å²) in [6.07, 6.45) is 3.14. The summed E-state index contributed by atoms with van der Waals surface area (Å²) in [5.41, 5.74) is 0.744. The molecule has 6 heteroatoms. The molecule has 0 radical (unpaired) electrons. The van der Waals surface area contributed by atoms with Crippen molar-refractivity contribution in [3.8, 4) is 11.5 Å². The van der Waals surface area contributed by atoms with E-state index in [0.717, 1.165) is 5.56 Å². The van der Waals surface area contributed by atoms with E-state index in [1.807, 2.05) is 0 Å². The number of hydrogen-bond acceptors (Lipinski definition) is 4. The van der Waals surface area contributed by atoms with Crippen molar-refractivity contribution in [3.63, 3.8) is 0 Å². The third-order valence-electron chi connectivity index (χ3n) is 2.70. The first-order valence-electron chi connectivity index (χ1n) is 5.94. The summed E-state index contributed by atoms with van der Waals surface area (Å²) in [6.45, 7) is 0. The molecule has 0 bridgehead atoms. The fourth-order valence-corrected chi connectivity index (χ4v) is 2.99. The van der Waals surface area contributed by atoms with Gasteiger partial charge in [0.2, 0.25) is 0 Å². The second-order valence-electron chi connectivity index (χ2n) is 4.04. The van der Waals surface area contributed by atoms with Gasteiger partial charge in [-0.05, 0) is 35.9 Å². The Kier molecular flexibility index (Phi) is 5.28. The Morgan fingerprint density at radius 1 is 1.19 bits per heavy atom. The van der Waals surface area contributed by atoms with Gasteiger partial charge in [0.1, 0.15) is 0 Å². The number of halogens is 2. The Labute approximate surface area is 136 Å². The maximum atomic E-state index is 12.0. The van der Waals surface area contributed by atoms with Crippen LogP contribution in [0.3, 0.4) is 0 Å². The lowest BCUT2D eigenvalue weighted by Crippen LogP contribution is -1.93. The third kappa shape index (κ3) is 3.79. The topological polar surface area (TPSA) is 35.5 Å². The molecule has 0 saturated heterocycles. The lowest BCUT2D eigenvalue weighted by atomic mass is 10.1. The van der Waals surface area contributed by atoms with Crippen molar-refractivity contribution in [1.29, 1.82) is 0 Å². The van der Waals surface area contributed by atoms with Crippen LogP contribution in [0.4, 0.5) is 0 Å². The molecule has 0 spiro atoms. The number of ether oxygens (including phenoxy) is 2. The van der Waals surface area contributed by atoms with Crippen LogP contribution in [0.15, 0.2) is 30.3 Å². The number of ketones is 1. The highest BCUT2D eigenvalue weighted by atomic mass is 35.5. The molecule has 0 atom stereocenters. The predicted molar refractivity (Wildman–Crippen MR) is 87.2 cm³/mol. The molecule has 0 amide bonds. The first kappa shape index (κ1) is 15.9. The van der Waals surface area contributed by atoms with Crippen molar-refractivity contribution < 1.29 is 14.3 Å². The molecular weight excluding hydrogens is 331 g/mol. The molecule has 0 aliphatic heterocycles. The number of benzene rings is 1. The van der Waals surface area contributed by atoms with E-state index >= 15 is 0 Å². The quantitative estimate of drug-likeness (QED) is 0.568. The van der Waals surface area contributed by atoms with Crippen molar-refractivity contribution in [2.45, 2.75) is 0 Å². The van der Waals surface area contributed by atoms with Gasteiger partial charge < -0.3 is 9.47 Å². The van der Waals surface area contributed by atoms with Gasteiger partial charge in [0.05, 0.1) is 28.5 Å². The summed E-state index contributed by atoms with van der Waals surface area (Å²) < 4.78 is 11.0. The van der Waals surface area contributed by atoms with E-state index in [4.69, 9.17) is 32.7 Å². The minimum Gasteiger partial charge on any atom is -0.493 e. The first-order valence-corrected chi connectivity index (χ1v) is 7.51. The minimum atomic E-state index is -0.113. The van der Waals surface area contributed by atoms with Crippen LogP contribution in [0.5, 0.6) is 11.5 Å². The molecule has 0 N–H and O–H groups in total. The smallest absolute Gasteiger partial charge is 0.195 e. The van der Waals surface area contributed by atoms with Gasteiger partial charge in [0, 0.05) is 0 Å². The second kappa shape index (κ2) is 6.98. The van der Waals surface area contributed by atoms with Crippen LogP contribution >= 0.6 is 34.5 Å². The lowest BCUT2D eigenvalue weighted by molar-refractivity contribution is 0.105. The Hall–Kier alpha value is -1.49. The van der Waals surface area contributed by atoms with Crippen molar-refractivity contribution in [2.75, 3.05) is 14.2 Å². The highest BCUT2D eigenvalue weighted by Gasteiger charge is 2.10. The van der Waals surface area contributed by atoms with Crippen LogP contribution in [-0.4, -0.2) is 20.0 Å². The molecule has 21 heavy (non-hydrogen) atoms. The van der Waals surface area contributed by atoms with Gasteiger partial charge in [-0.3, -0.25) is 4.79 Å². The zero-order valence-corrected chi connectivity index (χ0v) is 13.7. The molecule has 2 rings (SSSR count). The van der Waals surface area contributed by atoms with Crippen molar-refractivity contribution >= 4 is 46.4 Å². The van der Waals surface area contributed by atoms with Crippen LogP contribution < -0.4 is 9.47 Å². The van der Waals surface area contributed by atoms with E-state index in [1.54, 1.807) is 30.3 Å². The summed E-state index contributed by atoms with van der Waals surface area (Å²) in [6, 6.07) is 6.84. The number of methoxy groups -OCH3 is 2. The molecule has 0 unspecified atom stereocenters. The van der Waals surface area contributed by atoms with Gasteiger partial charge in [-0.15, -0.1) is 11.3 Å². The molecule has 0 saturated carbocycles. The van der Waals surface area contributed by atoms with E-state index in [9.17, 15) is 4.79 Å². The van der Waals surface area contributed by atoms with Crippen LogP contribution in [-0.2, 0) is 0 Å². The van der Waals surface area contributed by atoms with Gasteiger partial charge in [-0.25, -0.2) is 0 Å². The summed E-state index contributed by atoms with van der Waals surface area (Å²) in [5.74, 6) is 0.863. The number of hydrogen-bond donors (Lipinski definition) is 0. The maximum absolute atomic E-state index is 12.0. The number of rotatable bonds is 5. The van der Waals surface area contributed by atoms with Crippen molar-refractivity contribution in [3.05, 3.63) is 50.1 Å². The summed E-state index contributed by atoms with van der Waals surface area (Å²) in [4.78, 5) is 12.6. The van der Waals surface area contributed by atoms with Crippen LogP contribution in [0.1, 0.15) is 15.2 Å². The van der Waals surface area contributed by atoms with E-state index in [2.05, 4.69) is 0 Å². The molecular formula is C15H12Cl2O3S. The summed E-state index contributed by atoms with van der Waals surface area (Å²) >= 11 is 13.2. The zero-order valence-electron chi connectivity index (χ0n) is 11.4. The summed E-state index contributed by atoms with van der Waals surface area (Å²) in [7, 11) is 3.05. The molecule has 3 nitrogen and oxygen atoms in total. The van der Waals surface area contributed by atoms with Crippen molar-refractivity contribution in [1.82, 2.24) is 0 Å². The normalized spacial score (nSPS) is 10.9. The van der Waals surface area contributed by atoms with E-state index in [0.29, 0.717) is 25.7 Å². The largest absolute Gasteiger partial charge is 0.493 e. The SMILES string of the molecule is COc1cc(/C=C/C(=O)c2ccc(Cl)s2)cc(Cl)c1OC. The fraction of sp³-hybridized carbons (Fsp3) is 0.133. The third-order valence-corrected chi connectivity index (χ3v) is 4.23. The summed E-state index contributed by atoms with van der Waals surface area (Å²) in [5, 5.41) is 0.420. The molecule has 110 valence electrons. The van der Waals surface area contributed by atoms with Crippen LogP contribution in [0.25, 0.3) is 6.08 Å². The van der Waals surface area contributed by atoms with E-state index in [-0.39, 0.29) is 5.78 Å². The number of allylic oxidation sites excluding steroid dienone is 1. The first-order chi connectivity index (χ1) is 10.0. The Balaban J connectivity index is 2.25. The number of carbonyl (C=O) groups is 1. The van der Waals surface area contributed by atoms with Crippen molar-refractivity contribution in [2.24, 2.45) is 0 Å². The van der Waals surface area contributed by atoms with Gasteiger partial charge in [0.15, 0.2) is 17.3 Å². The Morgan fingerprint density at radius 2 is 1.95 bits per heavy atom. The van der Waals surface area contributed by atoms with E-state index in [1.165, 1.54) is 31.6 Å². The number of carbonyl (C=O) groups excluding carboxylic acids is 1. The van der Waals surface area contributed by atoms with Gasteiger partial charge >= 0.3 is 0 Å².